The van der Waals surface area contributed by atoms with E-state index in [2.05, 4.69) is 34.5 Å². The number of hydrogen-bond acceptors (Lipinski definition) is 4. The van der Waals surface area contributed by atoms with Crippen molar-refractivity contribution >= 4 is 17.3 Å². The Morgan fingerprint density at radius 2 is 2.13 bits per heavy atom. The highest BCUT2D eigenvalue weighted by atomic mass is 32.1. The fourth-order valence-corrected chi connectivity index (χ4v) is 4.00. The molecule has 1 heterocycles. The standard InChI is InChI=1S/C17H30N4OS/c1-3-18-16(20-12-15-19-11-14(2)23-15)21-13-17(9-10-22)7-5-4-6-8-17/h11,22H,3-10,12-13H2,1-2H3,(H2,18,20,21). The van der Waals surface area contributed by atoms with Crippen LogP contribution in [0.3, 0.4) is 0 Å². The third-order valence-corrected chi connectivity index (χ3v) is 5.47. The van der Waals surface area contributed by atoms with Crippen LogP contribution in [0.5, 0.6) is 0 Å². The number of aliphatic imine (C=N–C) groups is 1. The zero-order valence-electron chi connectivity index (χ0n) is 14.4. The Labute approximate surface area is 143 Å². The van der Waals surface area contributed by atoms with Crippen LogP contribution in [0.2, 0.25) is 0 Å². The second kappa shape index (κ2) is 9.23. The van der Waals surface area contributed by atoms with Gasteiger partial charge < -0.3 is 15.7 Å². The number of rotatable bonds is 7. The number of aromatic nitrogens is 1. The number of nitrogens with zero attached hydrogens (tertiary/aromatic N) is 2. The topological polar surface area (TPSA) is 69.5 Å². The van der Waals surface area contributed by atoms with Crippen LogP contribution in [0.4, 0.5) is 0 Å². The van der Waals surface area contributed by atoms with Gasteiger partial charge in [-0.15, -0.1) is 11.3 Å². The first-order valence-electron chi connectivity index (χ1n) is 8.72. The van der Waals surface area contributed by atoms with Crippen LogP contribution < -0.4 is 10.6 Å². The molecule has 1 aliphatic carbocycles. The molecule has 130 valence electrons. The molecule has 1 aromatic heterocycles. The molecule has 3 N–H and O–H groups in total. The zero-order valence-corrected chi connectivity index (χ0v) is 15.2. The first kappa shape index (κ1) is 18.2. The molecule has 1 fully saturated rings. The van der Waals surface area contributed by atoms with E-state index < -0.39 is 0 Å². The van der Waals surface area contributed by atoms with Crippen LogP contribution in [0.15, 0.2) is 11.2 Å². The average molecular weight is 339 g/mol. The second-order valence-corrected chi connectivity index (χ2v) is 7.77. The van der Waals surface area contributed by atoms with Crippen molar-refractivity contribution in [1.82, 2.24) is 15.6 Å². The number of aliphatic hydroxyl groups is 1. The van der Waals surface area contributed by atoms with Crippen molar-refractivity contribution in [1.29, 1.82) is 0 Å². The van der Waals surface area contributed by atoms with Crippen LogP contribution in [0.1, 0.15) is 55.3 Å². The molecule has 0 saturated heterocycles. The van der Waals surface area contributed by atoms with Gasteiger partial charge in [0.2, 0.25) is 0 Å². The number of guanidine groups is 1. The summed E-state index contributed by atoms with van der Waals surface area (Å²) in [6.07, 6.45) is 9.04. The minimum Gasteiger partial charge on any atom is -0.396 e. The fourth-order valence-electron chi connectivity index (χ4n) is 3.29. The molecule has 1 aromatic rings. The van der Waals surface area contributed by atoms with Gasteiger partial charge in [-0.3, -0.25) is 0 Å². The van der Waals surface area contributed by atoms with Gasteiger partial charge in [-0.05, 0) is 38.5 Å². The largest absolute Gasteiger partial charge is 0.396 e. The number of nitrogens with one attached hydrogen (secondary N) is 2. The smallest absolute Gasteiger partial charge is 0.191 e. The lowest BCUT2D eigenvalue weighted by Crippen LogP contribution is -2.44. The van der Waals surface area contributed by atoms with Crippen molar-refractivity contribution in [3.05, 3.63) is 16.1 Å². The minimum absolute atomic E-state index is 0.223. The van der Waals surface area contributed by atoms with Crippen LogP contribution >= 0.6 is 11.3 Å². The number of aliphatic hydroxyl groups excluding tert-OH is 1. The highest BCUT2D eigenvalue weighted by Crippen LogP contribution is 2.38. The Hall–Kier alpha value is -1.14. The molecule has 5 nitrogen and oxygen atoms in total. The van der Waals surface area contributed by atoms with Crippen molar-refractivity contribution in [3.63, 3.8) is 0 Å². The Kier molecular flexibility index (Phi) is 7.30. The van der Waals surface area contributed by atoms with Gasteiger partial charge in [0.25, 0.3) is 0 Å². The van der Waals surface area contributed by atoms with Crippen molar-refractivity contribution in [3.8, 4) is 0 Å². The average Bonchev–Trinajstić information content (AvgIpc) is 2.97. The number of hydrogen-bond donors (Lipinski definition) is 3. The third-order valence-electron chi connectivity index (χ3n) is 4.57. The highest BCUT2D eigenvalue weighted by Gasteiger charge is 2.31. The fraction of sp³-hybridized carbons (Fsp3) is 0.765. The van der Waals surface area contributed by atoms with Crippen molar-refractivity contribution < 1.29 is 5.11 Å². The first-order chi connectivity index (χ1) is 11.2. The monoisotopic (exact) mass is 338 g/mol. The van der Waals surface area contributed by atoms with Crippen LogP contribution in [0, 0.1) is 12.3 Å². The first-order valence-corrected chi connectivity index (χ1v) is 9.53. The van der Waals surface area contributed by atoms with Crippen LogP contribution in [0.25, 0.3) is 0 Å². The van der Waals surface area contributed by atoms with Gasteiger partial charge in [0.05, 0.1) is 6.54 Å². The number of thiazole rings is 1. The molecular formula is C17H30N4OS. The summed E-state index contributed by atoms with van der Waals surface area (Å²) in [6.45, 7) is 6.76. The molecule has 0 spiro atoms. The molecule has 0 aromatic carbocycles. The van der Waals surface area contributed by atoms with Crippen molar-refractivity contribution in [2.24, 2.45) is 10.4 Å². The summed E-state index contributed by atoms with van der Waals surface area (Å²) in [6, 6.07) is 0. The lowest BCUT2D eigenvalue weighted by molar-refractivity contribution is 0.131. The Morgan fingerprint density at radius 1 is 1.35 bits per heavy atom. The van der Waals surface area contributed by atoms with E-state index in [9.17, 15) is 5.11 Å². The third kappa shape index (κ3) is 5.77. The SMILES string of the molecule is CCNC(=NCc1ncc(C)s1)NCC1(CCO)CCCCC1. The molecule has 0 atom stereocenters. The van der Waals surface area contributed by atoms with E-state index in [1.165, 1.54) is 37.0 Å². The summed E-state index contributed by atoms with van der Waals surface area (Å²) in [5.74, 6) is 0.850. The summed E-state index contributed by atoms with van der Waals surface area (Å²) in [4.78, 5) is 10.2. The number of aryl methyl sites for hydroxylation is 1. The molecule has 0 amide bonds. The van der Waals surface area contributed by atoms with E-state index in [1.54, 1.807) is 11.3 Å². The Morgan fingerprint density at radius 3 is 2.74 bits per heavy atom. The minimum atomic E-state index is 0.223. The highest BCUT2D eigenvalue weighted by molar-refractivity contribution is 7.11. The normalized spacial score (nSPS) is 18.0. The summed E-state index contributed by atoms with van der Waals surface area (Å²) in [5.41, 5.74) is 0.223. The Balaban J connectivity index is 1.94. The van der Waals surface area contributed by atoms with Gasteiger partial charge in [-0.2, -0.15) is 0 Å². The maximum atomic E-state index is 9.43. The van der Waals surface area contributed by atoms with Crippen LogP contribution in [-0.2, 0) is 6.54 Å². The molecule has 0 unspecified atom stereocenters. The maximum absolute atomic E-state index is 9.43. The summed E-state index contributed by atoms with van der Waals surface area (Å²) in [5, 5.41) is 17.3. The van der Waals surface area contributed by atoms with E-state index in [0.29, 0.717) is 6.54 Å². The zero-order chi connectivity index (χ0) is 16.5. The van der Waals surface area contributed by atoms with Gasteiger partial charge in [0, 0.05) is 30.8 Å². The van der Waals surface area contributed by atoms with Crippen molar-refractivity contribution in [2.75, 3.05) is 19.7 Å². The second-order valence-electron chi connectivity index (χ2n) is 6.45. The molecular weight excluding hydrogens is 308 g/mol. The van der Waals surface area contributed by atoms with Gasteiger partial charge in [-0.25, -0.2) is 9.98 Å². The molecule has 2 rings (SSSR count). The summed E-state index contributed by atoms with van der Waals surface area (Å²) >= 11 is 1.69. The lowest BCUT2D eigenvalue weighted by Gasteiger charge is -2.37. The van der Waals surface area contributed by atoms with Gasteiger partial charge in [0.1, 0.15) is 5.01 Å². The quantitative estimate of drug-likeness (QED) is 0.528. The molecule has 0 aliphatic heterocycles. The summed E-state index contributed by atoms with van der Waals surface area (Å²) in [7, 11) is 0. The maximum Gasteiger partial charge on any atom is 0.191 e. The molecule has 6 heteroatoms. The molecule has 0 radical (unpaired) electrons. The molecule has 23 heavy (non-hydrogen) atoms. The van der Waals surface area contributed by atoms with E-state index in [-0.39, 0.29) is 12.0 Å². The molecule has 1 saturated carbocycles. The van der Waals surface area contributed by atoms with Gasteiger partial charge in [-0.1, -0.05) is 19.3 Å². The van der Waals surface area contributed by atoms with E-state index in [1.807, 2.05) is 6.20 Å². The van der Waals surface area contributed by atoms with Gasteiger partial charge in [0.15, 0.2) is 5.96 Å². The van der Waals surface area contributed by atoms with E-state index in [0.717, 1.165) is 30.5 Å². The lowest BCUT2D eigenvalue weighted by atomic mass is 9.72. The Bertz CT molecular complexity index is 489. The van der Waals surface area contributed by atoms with E-state index >= 15 is 0 Å². The molecule has 0 bridgehead atoms. The van der Waals surface area contributed by atoms with Crippen molar-refractivity contribution in [2.45, 2.75) is 58.9 Å². The predicted octanol–water partition coefficient (Wildman–Crippen LogP) is 2.84. The summed E-state index contributed by atoms with van der Waals surface area (Å²) < 4.78 is 0. The van der Waals surface area contributed by atoms with Gasteiger partial charge >= 0.3 is 0 Å². The molecule has 1 aliphatic rings. The van der Waals surface area contributed by atoms with E-state index in [4.69, 9.17) is 0 Å². The van der Waals surface area contributed by atoms with Crippen LogP contribution in [-0.4, -0.2) is 35.7 Å². The predicted molar refractivity (Wildman–Crippen MR) is 96.9 cm³/mol.